The van der Waals surface area contributed by atoms with Crippen LogP contribution in [0.5, 0.6) is 5.75 Å². The zero-order chi connectivity index (χ0) is 27.2. The lowest BCUT2D eigenvalue weighted by Crippen LogP contribution is -2.22. The number of thiophene rings is 2. The van der Waals surface area contributed by atoms with Crippen LogP contribution in [0, 0.1) is 0 Å². The number of rotatable bonds is 8. The quantitative estimate of drug-likeness (QED) is 0.158. The minimum atomic E-state index is -0.457. The first kappa shape index (κ1) is 27.2. The minimum absolute atomic E-state index is 0.103. The van der Waals surface area contributed by atoms with Crippen LogP contribution in [0.15, 0.2) is 75.6 Å². The average molecular weight is 612 g/mol. The number of nitrogens with zero attached hydrogens (tertiary/aromatic N) is 1. The van der Waals surface area contributed by atoms with Crippen molar-refractivity contribution in [2.24, 2.45) is 5.10 Å². The summed E-state index contributed by atoms with van der Waals surface area (Å²) < 4.78 is 0.945. The first-order valence-electron chi connectivity index (χ1n) is 11.4. The van der Waals surface area contributed by atoms with Crippen molar-refractivity contribution in [3.05, 3.63) is 97.0 Å². The van der Waals surface area contributed by atoms with E-state index in [0.717, 1.165) is 26.9 Å². The molecule has 2 aromatic carbocycles. The topological polar surface area (TPSA) is 120 Å². The lowest BCUT2D eigenvalue weighted by molar-refractivity contribution is 0.0948. The second kappa shape index (κ2) is 12.2. The standard InChI is InChI=1S/C27H23BrN4O4S2/c1-15(20-14-37-24(23(20)33)17-7-9-19(28)10-8-17)31-32-27(36)22-12-11-21(38-22)26(35)30-13-16-3-5-18(6-4-16)25(34)29-2/h3-12,14,33H,13H2,1-2H3,(H,29,34)(H,30,35)(H,32,36). The van der Waals surface area contributed by atoms with Crippen LogP contribution in [-0.4, -0.2) is 35.6 Å². The molecule has 2 heterocycles. The number of halogens is 1. The Balaban J connectivity index is 1.35. The summed E-state index contributed by atoms with van der Waals surface area (Å²) in [4.78, 5) is 38.2. The van der Waals surface area contributed by atoms with Crippen LogP contribution in [0.1, 0.15) is 47.8 Å². The maximum Gasteiger partial charge on any atom is 0.281 e. The Morgan fingerprint density at radius 3 is 2.24 bits per heavy atom. The molecule has 8 nitrogen and oxygen atoms in total. The smallest absolute Gasteiger partial charge is 0.281 e. The zero-order valence-corrected chi connectivity index (χ0v) is 23.6. The first-order valence-corrected chi connectivity index (χ1v) is 13.9. The highest BCUT2D eigenvalue weighted by Gasteiger charge is 2.17. The van der Waals surface area contributed by atoms with Gasteiger partial charge in [-0.2, -0.15) is 5.10 Å². The van der Waals surface area contributed by atoms with Gasteiger partial charge in [0.25, 0.3) is 17.7 Å². The van der Waals surface area contributed by atoms with Crippen LogP contribution in [0.2, 0.25) is 0 Å². The van der Waals surface area contributed by atoms with E-state index in [1.165, 1.54) is 11.3 Å². The Morgan fingerprint density at radius 2 is 1.58 bits per heavy atom. The van der Waals surface area contributed by atoms with Gasteiger partial charge < -0.3 is 15.7 Å². The van der Waals surface area contributed by atoms with Gasteiger partial charge in [-0.15, -0.1) is 22.7 Å². The van der Waals surface area contributed by atoms with Gasteiger partial charge in [0.05, 0.1) is 25.9 Å². The zero-order valence-electron chi connectivity index (χ0n) is 20.4. The van der Waals surface area contributed by atoms with Crippen molar-refractivity contribution in [2.45, 2.75) is 13.5 Å². The molecule has 0 bridgehead atoms. The fourth-order valence-electron chi connectivity index (χ4n) is 3.43. The van der Waals surface area contributed by atoms with Gasteiger partial charge in [-0.25, -0.2) is 5.43 Å². The van der Waals surface area contributed by atoms with Crippen molar-refractivity contribution >= 4 is 62.0 Å². The van der Waals surface area contributed by atoms with Gasteiger partial charge in [0, 0.05) is 29.0 Å². The Bertz CT molecular complexity index is 1510. The highest BCUT2D eigenvalue weighted by atomic mass is 79.9. The SMILES string of the molecule is CNC(=O)c1ccc(CNC(=O)c2ccc(C(=O)NN=C(C)c3csc(-c4ccc(Br)cc4)c3O)s2)cc1. The predicted molar refractivity (Wildman–Crippen MR) is 154 cm³/mol. The van der Waals surface area contributed by atoms with Crippen molar-refractivity contribution in [3.63, 3.8) is 0 Å². The number of nitrogens with one attached hydrogen (secondary N) is 3. The fourth-order valence-corrected chi connectivity index (χ4v) is 5.52. The lowest BCUT2D eigenvalue weighted by Gasteiger charge is -2.05. The fraction of sp³-hybridized carbons (Fsp3) is 0.111. The predicted octanol–water partition coefficient (Wildman–Crippen LogP) is 5.39. The number of amides is 3. The van der Waals surface area contributed by atoms with E-state index in [9.17, 15) is 19.5 Å². The highest BCUT2D eigenvalue weighted by Crippen LogP contribution is 2.39. The Morgan fingerprint density at radius 1 is 0.921 bits per heavy atom. The summed E-state index contributed by atoms with van der Waals surface area (Å²) in [6, 6.07) is 17.7. The van der Waals surface area contributed by atoms with Gasteiger partial charge in [-0.05, 0) is 54.4 Å². The minimum Gasteiger partial charge on any atom is -0.506 e. The molecule has 4 aromatic rings. The van der Waals surface area contributed by atoms with Crippen molar-refractivity contribution in [3.8, 4) is 16.2 Å². The van der Waals surface area contributed by atoms with E-state index in [2.05, 4.69) is 37.1 Å². The molecule has 0 aliphatic heterocycles. The monoisotopic (exact) mass is 610 g/mol. The molecule has 4 N–H and O–H groups in total. The molecule has 4 rings (SSSR count). The maximum absolute atomic E-state index is 12.6. The summed E-state index contributed by atoms with van der Waals surface area (Å²) in [7, 11) is 1.56. The van der Waals surface area contributed by atoms with Crippen LogP contribution in [0.25, 0.3) is 10.4 Å². The van der Waals surface area contributed by atoms with E-state index in [1.807, 2.05) is 24.3 Å². The summed E-state index contributed by atoms with van der Waals surface area (Å²) in [5, 5.41) is 22.0. The van der Waals surface area contributed by atoms with Crippen LogP contribution in [0.3, 0.4) is 0 Å². The number of hydrogen-bond acceptors (Lipinski definition) is 7. The van der Waals surface area contributed by atoms with Crippen LogP contribution < -0.4 is 16.1 Å². The van der Waals surface area contributed by atoms with Crippen LogP contribution in [0.4, 0.5) is 0 Å². The summed E-state index contributed by atoms with van der Waals surface area (Å²) in [6.07, 6.45) is 0. The van der Waals surface area contributed by atoms with Crippen molar-refractivity contribution in [1.29, 1.82) is 0 Å². The van der Waals surface area contributed by atoms with Gasteiger partial charge in [-0.3, -0.25) is 14.4 Å². The van der Waals surface area contributed by atoms with Crippen molar-refractivity contribution in [2.75, 3.05) is 7.05 Å². The Kier molecular flexibility index (Phi) is 8.72. The number of hydrogen-bond donors (Lipinski definition) is 4. The summed E-state index contributed by atoms with van der Waals surface area (Å²) in [5.74, 6) is -0.845. The van der Waals surface area contributed by atoms with Gasteiger partial charge in [-0.1, -0.05) is 40.2 Å². The third-order valence-electron chi connectivity index (χ3n) is 5.54. The number of carbonyl (C=O) groups excluding carboxylic acids is 3. The van der Waals surface area contributed by atoms with Gasteiger partial charge in [0.15, 0.2) is 0 Å². The van der Waals surface area contributed by atoms with E-state index in [0.29, 0.717) is 31.5 Å². The number of aromatic hydroxyl groups is 1. The molecule has 0 unspecified atom stereocenters. The summed E-state index contributed by atoms with van der Waals surface area (Å²) >= 11 is 5.84. The largest absolute Gasteiger partial charge is 0.506 e. The molecule has 0 saturated heterocycles. The molecular formula is C27H23BrN4O4S2. The average Bonchev–Trinajstić information content (AvgIpc) is 3.58. The van der Waals surface area contributed by atoms with Crippen LogP contribution in [-0.2, 0) is 6.54 Å². The summed E-state index contributed by atoms with van der Waals surface area (Å²) in [5.41, 5.74) is 5.73. The number of hydrazone groups is 1. The molecule has 0 saturated carbocycles. The van der Waals surface area contributed by atoms with E-state index in [-0.39, 0.29) is 24.1 Å². The molecule has 0 aliphatic rings. The Labute approximate surface area is 235 Å². The summed E-state index contributed by atoms with van der Waals surface area (Å²) in [6.45, 7) is 1.98. The molecule has 0 atom stereocenters. The molecule has 0 radical (unpaired) electrons. The van der Waals surface area contributed by atoms with E-state index in [4.69, 9.17) is 0 Å². The molecule has 194 valence electrons. The van der Waals surface area contributed by atoms with Crippen LogP contribution >= 0.6 is 38.6 Å². The first-order chi connectivity index (χ1) is 18.3. The molecule has 11 heteroatoms. The molecule has 0 aliphatic carbocycles. The van der Waals surface area contributed by atoms with E-state index >= 15 is 0 Å². The molecule has 0 spiro atoms. The van der Waals surface area contributed by atoms with E-state index in [1.54, 1.807) is 55.7 Å². The van der Waals surface area contributed by atoms with Crippen molar-refractivity contribution < 1.29 is 19.5 Å². The van der Waals surface area contributed by atoms with Gasteiger partial charge >= 0.3 is 0 Å². The second-order valence-electron chi connectivity index (χ2n) is 8.09. The molecule has 38 heavy (non-hydrogen) atoms. The third kappa shape index (κ3) is 6.36. The normalized spacial score (nSPS) is 11.2. The third-order valence-corrected chi connectivity index (χ3v) is 8.17. The Hall–Kier alpha value is -3.80. The number of benzene rings is 2. The molecular weight excluding hydrogens is 588 g/mol. The molecule has 2 aromatic heterocycles. The highest BCUT2D eigenvalue weighted by molar-refractivity contribution is 9.10. The molecule has 0 fully saturated rings. The molecule has 3 amide bonds. The van der Waals surface area contributed by atoms with E-state index < -0.39 is 5.91 Å². The lowest BCUT2D eigenvalue weighted by atomic mass is 10.1. The van der Waals surface area contributed by atoms with Gasteiger partial charge in [0.1, 0.15) is 5.75 Å². The van der Waals surface area contributed by atoms with Gasteiger partial charge in [0.2, 0.25) is 0 Å². The van der Waals surface area contributed by atoms with Crippen molar-refractivity contribution in [1.82, 2.24) is 16.1 Å². The number of carbonyl (C=O) groups is 3. The maximum atomic E-state index is 12.6. The second-order valence-corrected chi connectivity index (χ2v) is 11.0.